The monoisotopic (exact) mass is 717 g/mol. The minimum Gasteiger partial charge on any atom is -0.237 e. The van der Waals surface area contributed by atoms with Crippen LogP contribution in [-0.4, -0.2) is 29.9 Å². The lowest BCUT2D eigenvalue weighted by Gasteiger charge is -2.12. The SMILES string of the molecule is [C-]#[N+]c1ccccc1-c1nc(-c2cccc(-c3ccccc3)c2)nc(-c2cccc(-c3cccc(-c4nc(-c5ccccc5)nc(-c5ccccc5)n4)c3)c2)n1. The van der Waals surface area contributed by atoms with Crippen molar-refractivity contribution < 1.29 is 0 Å². The van der Waals surface area contributed by atoms with Gasteiger partial charge in [-0.3, -0.25) is 0 Å². The fourth-order valence-corrected chi connectivity index (χ4v) is 6.60. The summed E-state index contributed by atoms with van der Waals surface area (Å²) in [7, 11) is 0. The lowest BCUT2D eigenvalue weighted by Crippen LogP contribution is -2.01. The van der Waals surface area contributed by atoms with Gasteiger partial charge in [0.15, 0.2) is 40.6 Å². The molecule has 0 radical (unpaired) electrons. The Labute approximate surface area is 324 Å². The van der Waals surface area contributed by atoms with Crippen LogP contribution in [-0.2, 0) is 0 Å². The maximum atomic E-state index is 7.85. The first-order valence-corrected chi connectivity index (χ1v) is 18.2. The zero-order valence-electron chi connectivity index (χ0n) is 30.0. The molecule has 0 atom stereocenters. The number of aromatic nitrogens is 6. The predicted molar refractivity (Wildman–Crippen MR) is 223 cm³/mol. The van der Waals surface area contributed by atoms with Gasteiger partial charge in [-0.05, 0) is 40.5 Å². The van der Waals surface area contributed by atoms with Crippen LogP contribution in [0.2, 0.25) is 0 Å². The molecule has 0 unspecified atom stereocenters. The lowest BCUT2D eigenvalue weighted by molar-refractivity contribution is 1.07. The van der Waals surface area contributed by atoms with E-state index in [0.29, 0.717) is 46.2 Å². The number of nitrogens with zero attached hydrogens (tertiary/aromatic N) is 7. The Hall–Kier alpha value is -7.95. The van der Waals surface area contributed by atoms with Gasteiger partial charge in [0.2, 0.25) is 0 Å². The molecule has 0 aliphatic heterocycles. The number of hydrogen-bond acceptors (Lipinski definition) is 6. The molecule has 2 aromatic heterocycles. The fourth-order valence-electron chi connectivity index (χ4n) is 6.60. The second-order valence-electron chi connectivity index (χ2n) is 13.1. The van der Waals surface area contributed by atoms with Crippen LogP contribution in [0.4, 0.5) is 5.69 Å². The molecule has 9 aromatic rings. The van der Waals surface area contributed by atoms with E-state index in [1.165, 1.54) is 0 Å². The second-order valence-corrected chi connectivity index (χ2v) is 13.1. The molecule has 0 spiro atoms. The summed E-state index contributed by atoms with van der Waals surface area (Å²) in [5.74, 6) is 3.26. The summed E-state index contributed by atoms with van der Waals surface area (Å²) in [6, 6.07) is 62.1. The van der Waals surface area contributed by atoms with Gasteiger partial charge in [0, 0.05) is 33.4 Å². The third-order valence-corrected chi connectivity index (χ3v) is 9.40. The van der Waals surface area contributed by atoms with Crippen molar-refractivity contribution in [1.29, 1.82) is 0 Å². The van der Waals surface area contributed by atoms with Crippen LogP contribution >= 0.6 is 0 Å². The van der Waals surface area contributed by atoms with Crippen molar-refractivity contribution in [2.75, 3.05) is 0 Å². The number of rotatable bonds is 8. The van der Waals surface area contributed by atoms with E-state index in [1.54, 1.807) is 6.07 Å². The van der Waals surface area contributed by atoms with E-state index in [1.807, 2.05) is 133 Å². The molecular weight excluding hydrogens is 687 g/mol. The highest BCUT2D eigenvalue weighted by molar-refractivity contribution is 5.79. The molecule has 2 heterocycles. The Morgan fingerprint density at radius 1 is 0.268 bits per heavy atom. The van der Waals surface area contributed by atoms with Crippen molar-refractivity contribution in [3.63, 3.8) is 0 Å². The van der Waals surface area contributed by atoms with Gasteiger partial charge in [-0.25, -0.2) is 34.7 Å². The number of para-hydroxylation sites is 1. The number of hydrogen-bond donors (Lipinski definition) is 0. The first-order valence-electron chi connectivity index (χ1n) is 18.2. The van der Waals surface area contributed by atoms with Gasteiger partial charge in [0.05, 0.1) is 6.57 Å². The van der Waals surface area contributed by atoms with Crippen LogP contribution in [0.15, 0.2) is 188 Å². The molecule has 0 fully saturated rings. The fraction of sp³-hybridized carbons (Fsp3) is 0. The molecule has 7 nitrogen and oxygen atoms in total. The van der Waals surface area contributed by atoms with E-state index < -0.39 is 0 Å². The molecule has 7 aromatic carbocycles. The first-order chi connectivity index (χ1) is 27.7. The summed E-state index contributed by atoms with van der Waals surface area (Å²) < 4.78 is 0. The van der Waals surface area contributed by atoms with E-state index >= 15 is 0 Å². The van der Waals surface area contributed by atoms with Crippen molar-refractivity contribution in [2.45, 2.75) is 0 Å². The minimum atomic E-state index is 0.437. The van der Waals surface area contributed by atoms with Crippen molar-refractivity contribution in [1.82, 2.24) is 29.9 Å². The highest BCUT2D eigenvalue weighted by atomic mass is 15.0. The third-order valence-electron chi connectivity index (χ3n) is 9.40. The zero-order chi connectivity index (χ0) is 37.7. The molecule has 0 amide bonds. The normalized spacial score (nSPS) is 10.8. The van der Waals surface area contributed by atoms with Crippen LogP contribution in [0.5, 0.6) is 0 Å². The molecule has 0 aliphatic carbocycles. The van der Waals surface area contributed by atoms with E-state index in [2.05, 4.69) is 53.4 Å². The summed E-state index contributed by atoms with van der Waals surface area (Å²) >= 11 is 0. The molecule has 0 saturated carbocycles. The molecule has 262 valence electrons. The van der Waals surface area contributed by atoms with Crippen LogP contribution in [0.1, 0.15) is 0 Å². The molecule has 0 N–H and O–H groups in total. The van der Waals surface area contributed by atoms with E-state index in [0.717, 1.165) is 50.1 Å². The third kappa shape index (κ3) is 7.06. The van der Waals surface area contributed by atoms with Gasteiger partial charge in [-0.2, -0.15) is 0 Å². The van der Waals surface area contributed by atoms with Crippen molar-refractivity contribution in [3.05, 3.63) is 199 Å². The highest BCUT2D eigenvalue weighted by Gasteiger charge is 2.17. The van der Waals surface area contributed by atoms with E-state index in [9.17, 15) is 0 Å². The first kappa shape index (κ1) is 33.9. The Morgan fingerprint density at radius 3 is 1.00 bits per heavy atom. The Bertz CT molecular complexity index is 2810. The van der Waals surface area contributed by atoms with E-state index in [4.69, 9.17) is 36.5 Å². The van der Waals surface area contributed by atoms with Gasteiger partial charge in [0.1, 0.15) is 0 Å². The molecule has 56 heavy (non-hydrogen) atoms. The Kier molecular flexibility index (Phi) is 9.18. The summed E-state index contributed by atoms with van der Waals surface area (Å²) in [5.41, 5.74) is 9.60. The summed E-state index contributed by atoms with van der Waals surface area (Å²) in [4.78, 5) is 33.5. The molecular formula is C49H31N7. The summed E-state index contributed by atoms with van der Waals surface area (Å²) in [6.07, 6.45) is 0. The lowest BCUT2D eigenvalue weighted by atomic mass is 10.00. The van der Waals surface area contributed by atoms with Gasteiger partial charge < -0.3 is 0 Å². The molecule has 9 rings (SSSR count). The average molecular weight is 718 g/mol. The number of benzene rings is 7. The maximum absolute atomic E-state index is 7.85. The molecule has 0 bridgehead atoms. The Balaban J connectivity index is 1.14. The molecule has 7 heteroatoms. The van der Waals surface area contributed by atoms with Gasteiger partial charge in [0.25, 0.3) is 0 Å². The maximum Gasteiger partial charge on any atom is 0.198 e. The summed E-state index contributed by atoms with van der Waals surface area (Å²) in [6.45, 7) is 7.85. The van der Waals surface area contributed by atoms with Crippen LogP contribution in [0, 0.1) is 6.57 Å². The largest absolute Gasteiger partial charge is 0.237 e. The minimum absolute atomic E-state index is 0.437. The van der Waals surface area contributed by atoms with Crippen LogP contribution in [0.25, 0.3) is 95.4 Å². The Morgan fingerprint density at radius 2 is 0.571 bits per heavy atom. The van der Waals surface area contributed by atoms with Gasteiger partial charge in [-0.1, -0.05) is 170 Å². The van der Waals surface area contributed by atoms with E-state index in [-0.39, 0.29) is 0 Å². The van der Waals surface area contributed by atoms with Crippen LogP contribution in [0.3, 0.4) is 0 Å². The van der Waals surface area contributed by atoms with Crippen molar-refractivity contribution >= 4 is 5.69 Å². The highest BCUT2D eigenvalue weighted by Crippen LogP contribution is 2.34. The average Bonchev–Trinajstić information content (AvgIpc) is 3.29. The summed E-state index contributed by atoms with van der Waals surface area (Å²) in [5, 5.41) is 0. The molecule has 0 saturated heterocycles. The zero-order valence-corrected chi connectivity index (χ0v) is 30.0. The topological polar surface area (TPSA) is 81.7 Å². The van der Waals surface area contributed by atoms with Crippen molar-refractivity contribution in [3.8, 4) is 90.6 Å². The second kappa shape index (κ2) is 15.2. The van der Waals surface area contributed by atoms with Gasteiger partial charge in [-0.15, -0.1) is 0 Å². The molecule has 0 aliphatic rings. The standard InChI is InChI=1S/C49H31N7/c1-50-43-29-12-11-28-42(43)49-55-47(39-25-13-22-36(30-39)33-16-5-2-6-17-33)54-48(56-49)41-27-15-24-38(32-41)37-23-14-26-40(31-37)46-52-44(34-18-7-3-8-19-34)51-45(53-46)35-20-9-4-10-21-35/h2-32H. The predicted octanol–water partition coefficient (Wildman–Crippen LogP) is 11.9. The van der Waals surface area contributed by atoms with Crippen LogP contribution < -0.4 is 0 Å². The van der Waals surface area contributed by atoms with Crippen molar-refractivity contribution in [2.24, 2.45) is 0 Å². The quantitative estimate of drug-likeness (QED) is 0.146. The smallest absolute Gasteiger partial charge is 0.198 e. The van der Waals surface area contributed by atoms with Gasteiger partial charge >= 0.3 is 0 Å².